The molecule has 0 saturated heterocycles. The quantitative estimate of drug-likeness (QED) is 0.734. The molecule has 7 heteroatoms. The molecule has 1 amide bonds. The van der Waals surface area contributed by atoms with E-state index in [0.29, 0.717) is 17.2 Å². The Hall–Kier alpha value is -2.38. The Balaban J connectivity index is 2.17. The van der Waals surface area contributed by atoms with Gasteiger partial charge in [-0.25, -0.2) is 0 Å². The maximum absolute atomic E-state index is 12.7. The van der Waals surface area contributed by atoms with Crippen molar-refractivity contribution in [2.45, 2.75) is 26.3 Å². The van der Waals surface area contributed by atoms with Crippen molar-refractivity contribution in [1.29, 1.82) is 0 Å². The fourth-order valence-electron chi connectivity index (χ4n) is 2.88. The molecule has 1 N–H and O–H groups in total. The summed E-state index contributed by atoms with van der Waals surface area (Å²) >= 11 is 0. The second-order valence-corrected chi connectivity index (χ2v) is 9.54. The molecule has 152 valence electrons. The van der Waals surface area contributed by atoms with E-state index in [0.717, 1.165) is 16.3 Å². The lowest BCUT2D eigenvalue weighted by molar-refractivity contribution is 0.0932. The fraction of sp³-hybridized carbons (Fsp3) is 0.381. The Kier molecular flexibility index (Phi) is 7.21. The Morgan fingerprint density at radius 3 is 2.04 bits per heavy atom. The SMILES string of the molecule is CC(C)C[C@@H](NC(=O)c1ccc(N(C)S(=O)(=O)N(C)C)cc1)c1ccccc1. The Morgan fingerprint density at radius 2 is 1.54 bits per heavy atom. The third-order valence-corrected chi connectivity index (χ3v) is 6.34. The first-order chi connectivity index (χ1) is 13.1. The number of nitrogens with zero attached hydrogens (tertiary/aromatic N) is 2. The second kappa shape index (κ2) is 9.21. The first-order valence-electron chi connectivity index (χ1n) is 9.25. The van der Waals surface area contributed by atoms with Gasteiger partial charge in [-0.2, -0.15) is 12.7 Å². The summed E-state index contributed by atoms with van der Waals surface area (Å²) in [5.41, 5.74) is 2.05. The maximum atomic E-state index is 12.7. The molecule has 2 rings (SSSR count). The van der Waals surface area contributed by atoms with Crippen LogP contribution in [0, 0.1) is 5.92 Å². The first-order valence-corrected chi connectivity index (χ1v) is 10.6. The summed E-state index contributed by atoms with van der Waals surface area (Å²) in [7, 11) is 0.876. The number of benzene rings is 2. The van der Waals surface area contributed by atoms with Gasteiger partial charge in [0, 0.05) is 26.7 Å². The van der Waals surface area contributed by atoms with Gasteiger partial charge in [-0.05, 0) is 42.2 Å². The standard InChI is InChI=1S/C21H29N3O3S/c1-16(2)15-20(17-9-7-6-8-10-17)22-21(25)18-11-13-19(14-12-18)24(5)28(26,27)23(3)4/h6-14,16,20H,15H2,1-5H3,(H,22,25)/t20-/m1/s1. The number of rotatable bonds is 8. The molecule has 0 bridgehead atoms. The number of hydrogen-bond acceptors (Lipinski definition) is 3. The fourth-order valence-corrected chi connectivity index (χ4v) is 3.76. The normalized spacial score (nSPS) is 12.8. The summed E-state index contributed by atoms with van der Waals surface area (Å²) in [6, 6.07) is 16.4. The van der Waals surface area contributed by atoms with Crippen molar-refractivity contribution in [3.05, 3.63) is 65.7 Å². The molecule has 0 radical (unpaired) electrons. The van der Waals surface area contributed by atoms with Crippen molar-refractivity contribution >= 4 is 21.8 Å². The zero-order valence-electron chi connectivity index (χ0n) is 17.1. The van der Waals surface area contributed by atoms with Crippen LogP contribution in [0.3, 0.4) is 0 Å². The van der Waals surface area contributed by atoms with E-state index in [1.807, 2.05) is 30.3 Å². The van der Waals surface area contributed by atoms with E-state index in [4.69, 9.17) is 0 Å². The Bertz CT molecular complexity index is 879. The van der Waals surface area contributed by atoms with E-state index in [1.165, 1.54) is 25.4 Å². The van der Waals surface area contributed by atoms with Crippen LogP contribution >= 0.6 is 0 Å². The van der Waals surface area contributed by atoms with Crippen LogP contribution in [0.15, 0.2) is 54.6 Å². The highest BCUT2D eigenvalue weighted by molar-refractivity contribution is 7.90. The third kappa shape index (κ3) is 5.33. The Morgan fingerprint density at radius 1 is 0.964 bits per heavy atom. The van der Waals surface area contributed by atoms with Gasteiger partial charge in [0.25, 0.3) is 5.91 Å². The monoisotopic (exact) mass is 403 g/mol. The summed E-state index contributed by atoms with van der Waals surface area (Å²) in [5, 5.41) is 3.10. The van der Waals surface area contributed by atoms with Crippen molar-refractivity contribution in [3.8, 4) is 0 Å². The predicted octanol–water partition coefficient (Wildman–Crippen LogP) is 3.45. The topological polar surface area (TPSA) is 69.7 Å². The van der Waals surface area contributed by atoms with E-state index in [9.17, 15) is 13.2 Å². The number of anilines is 1. The molecule has 0 aliphatic carbocycles. The van der Waals surface area contributed by atoms with Gasteiger partial charge in [-0.3, -0.25) is 9.10 Å². The summed E-state index contributed by atoms with van der Waals surface area (Å²) in [6.07, 6.45) is 0.831. The van der Waals surface area contributed by atoms with Gasteiger partial charge in [0.05, 0.1) is 11.7 Å². The zero-order chi connectivity index (χ0) is 20.9. The van der Waals surface area contributed by atoms with Crippen molar-refractivity contribution in [1.82, 2.24) is 9.62 Å². The van der Waals surface area contributed by atoms with Crippen LogP contribution in [0.5, 0.6) is 0 Å². The van der Waals surface area contributed by atoms with Crippen LogP contribution in [0.4, 0.5) is 5.69 Å². The van der Waals surface area contributed by atoms with Gasteiger partial charge in [-0.1, -0.05) is 44.2 Å². The molecule has 28 heavy (non-hydrogen) atoms. The molecular weight excluding hydrogens is 374 g/mol. The highest BCUT2D eigenvalue weighted by Gasteiger charge is 2.21. The summed E-state index contributed by atoms with van der Waals surface area (Å²) < 4.78 is 26.8. The molecule has 2 aromatic carbocycles. The minimum atomic E-state index is -3.57. The molecule has 0 aliphatic heterocycles. The molecule has 1 atom stereocenters. The molecule has 0 fully saturated rings. The number of carbonyl (C=O) groups excluding carboxylic acids is 1. The maximum Gasteiger partial charge on any atom is 0.303 e. The number of hydrogen-bond donors (Lipinski definition) is 1. The van der Waals surface area contributed by atoms with Gasteiger partial charge < -0.3 is 5.32 Å². The van der Waals surface area contributed by atoms with Crippen molar-refractivity contribution < 1.29 is 13.2 Å². The molecule has 0 saturated carbocycles. The van der Waals surface area contributed by atoms with E-state index in [1.54, 1.807) is 24.3 Å². The van der Waals surface area contributed by atoms with Gasteiger partial charge in [0.2, 0.25) is 0 Å². The van der Waals surface area contributed by atoms with Gasteiger partial charge in [0.15, 0.2) is 0 Å². The smallest absolute Gasteiger partial charge is 0.303 e. The average Bonchev–Trinajstić information content (AvgIpc) is 2.67. The van der Waals surface area contributed by atoms with Crippen LogP contribution < -0.4 is 9.62 Å². The van der Waals surface area contributed by atoms with Gasteiger partial charge >= 0.3 is 10.2 Å². The third-order valence-electron chi connectivity index (χ3n) is 4.51. The minimum absolute atomic E-state index is 0.0785. The molecule has 2 aromatic rings. The Labute approximate surface area is 168 Å². The van der Waals surface area contributed by atoms with Crippen molar-refractivity contribution in [3.63, 3.8) is 0 Å². The molecule has 0 spiro atoms. The zero-order valence-corrected chi connectivity index (χ0v) is 17.9. The number of nitrogens with one attached hydrogen (secondary N) is 1. The van der Waals surface area contributed by atoms with Crippen LogP contribution in [0.1, 0.15) is 42.2 Å². The number of carbonyl (C=O) groups is 1. The molecule has 0 aromatic heterocycles. The van der Waals surface area contributed by atoms with Crippen molar-refractivity contribution in [2.24, 2.45) is 5.92 Å². The lowest BCUT2D eigenvalue weighted by Crippen LogP contribution is -2.37. The summed E-state index contributed by atoms with van der Waals surface area (Å²) in [6.45, 7) is 4.25. The average molecular weight is 404 g/mol. The van der Waals surface area contributed by atoms with E-state index in [2.05, 4.69) is 19.2 Å². The van der Waals surface area contributed by atoms with Gasteiger partial charge in [-0.15, -0.1) is 0 Å². The van der Waals surface area contributed by atoms with Gasteiger partial charge in [0.1, 0.15) is 0 Å². The predicted molar refractivity (Wildman–Crippen MR) is 114 cm³/mol. The molecule has 0 unspecified atom stereocenters. The first kappa shape index (κ1) is 21.9. The highest BCUT2D eigenvalue weighted by atomic mass is 32.2. The molecule has 0 aliphatic rings. The van der Waals surface area contributed by atoms with Crippen LogP contribution in [0.2, 0.25) is 0 Å². The van der Waals surface area contributed by atoms with E-state index in [-0.39, 0.29) is 11.9 Å². The van der Waals surface area contributed by atoms with Crippen molar-refractivity contribution in [2.75, 3.05) is 25.4 Å². The second-order valence-electron chi connectivity index (χ2n) is 7.37. The highest BCUT2D eigenvalue weighted by Crippen LogP contribution is 2.23. The lowest BCUT2D eigenvalue weighted by Gasteiger charge is -2.24. The summed E-state index contributed by atoms with van der Waals surface area (Å²) in [5.74, 6) is 0.247. The lowest BCUT2D eigenvalue weighted by atomic mass is 9.96. The minimum Gasteiger partial charge on any atom is -0.345 e. The van der Waals surface area contributed by atoms with Crippen LogP contribution in [-0.4, -0.2) is 39.8 Å². The van der Waals surface area contributed by atoms with E-state index >= 15 is 0 Å². The number of amides is 1. The summed E-state index contributed by atoms with van der Waals surface area (Å²) in [4.78, 5) is 12.7. The largest absolute Gasteiger partial charge is 0.345 e. The molecular formula is C21H29N3O3S. The van der Waals surface area contributed by atoms with E-state index < -0.39 is 10.2 Å². The van der Waals surface area contributed by atoms with Crippen LogP contribution in [-0.2, 0) is 10.2 Å². The molecule has 6 nitrogen and oxygen atoms in total. The van der Waals surface area contributed by atoms with Crippen LogP contribution in [0.25, 0.3) is 0 Å². The molecule has 0 heterocycles.